The molecule has 1 nitrogen and oxygen atoms in total. The highest BCUT2D eigenvalue weighted by molar-refractivity contribution is 6.19. The van der Waals surface area contributed by atoms with Gasteiger partial charge in [-0.3, -0.25) is 4.98 Å². The molecule has 1 heterocycles. The summed E-state index contributed by atoms with van der Waals surface area (Å²) >= 11 is 0. The lowest BCUT2D eigenvalue weighted by atomic mass is 9.94. The summed E-state index contributed by atoms with van der Waals surface area (Å²) in [6.45, 7) is 6.03. The molecule has 0 aliphatic heterocycles. The number of rotatable bonds is 1. The van der Waals surface area contributed by atoms with E-state index in [2.05, 4.69) is 50.2 Å². The lowest BCUT2D eigenvalue weighted by Crippen LogP contribution is -1.90. The molecule has 0 amide bonds. The van der Waals surface area contributed by atoms with Crippen molar-refractivity contribution in [3.8, 4) is 11.3 Å². The predicted molar refractivity (Wildman–Crippen MR) is 116 cm³/mol. The second kappa shape index (κ2) is 6.13. The Bertz CT molecular complexity index is 1380. The quantitative estimate of drug-likeness (QED) is 0.285. The van der Waals surface area contributed by atoms with Crippen molar-refractivity contribution < 1.29 is 4.39 Å². The zero-order valence-corrected chi connectivity index (χ0v) is 16.2. The number of aromatic nitrogens is 1. The van der Waals surface area contributed by atoms with Crippen molar-refractivity contribution >= 4 is 32.3 Å². The Morgan fingerprint density at radius 2 is 1.14 bits per heavy atom. The minimum absolute atomic E-state index is 0.134. The number of nitrogens with zero attached hydrogens (tertiary/aromatic N) is 1. The van der Waals surface area contributed by atoms with Gasteiger partial charge >= 0.3 is 0 Å². The first-order valence-electron chi connectivity index (χ1n) is 9.51. The van der Waals surface area contributed by atoms with E-state index >= 15 is 0 Å². The van der Waals surface area contributed by atoms with Gasteiger partial charge in [-0.2, -0.15) is 0 Å². The van der Waals surface area contributed by atoms with E-state index in [0.717, 1.165) is 38.2 Å². The highest BCUT2D eigenvalue weighted by Gasteiger charge is 2.12. The lowest BCUT2D eigenvalue weighted by Gasteiger charge is -2.12. The first-order valence-corrected chi connectivity index (χ1v) is 9.51. The number of halogens is 1. The molecule has 0 bridgehead atoms. The van der Waals surface area contributed by atoms with Crippen molar-refractivity contribution in [3.05, 3.63) is 89.4 Å². The largest absolute Gasteiger partial charge is 0.256 e. The molecular formula is C26H20FN. The molecule has 0 saturated heterocycles. The van der Waals surface area contributed by atoms with E-state index in [0.29, 0.717) is 10.9 Å². The van der Waals surface area contributed by atoms with Crippen molar-refractivity contribution in [1.82, 2.24) is 4.98 Å². The number of hydrogen-bond donors (Lipinski definition) is 0. The average molecular weight is 365 g/mol. The van der Waals surface area contributed by atoms with Crippen LogP contribution < -0.4 is 0 Å². The Morgan fingerprint density at radius 1 is 0.607 bits per heavy atom. The van der Waals surface area contributed by atoms with E-state index in [1.54, 1.807) is 6.92 Å². The molecule has 0 radical (unpaired) electrons. The van der Waals surface area contributed by atoms with Gasteiger partial charge in [0, 0.05) is 22.5 Å². The van der Waals surface area contributed by atoms with Gasteiger partial charge in [-0.1, -0.05) is 53.6 Å². The summed E-state index contributed by atoms with van der Waals surface area (Å²) in [5.74, 6) is -0.134. The summed E-state index contributed by atoms with van der Waals surface area (Å²) < 4.78 is 14.6. The predicted octanol–water partition coefficient (Wildman–Crippen LogP) is 7.27. The van der Waals surface area contributed by atoms with Crippen LogP contribution in [0, 0.1) is 26.6 Å². The normalized spacial score (nSPS) is 11.6. The summed E-state index contributed by atoms with van der Waals surface area (Å²) in [6.07, 6.45) is 1.87. The highest BCUT2D eigenvalue weighted by atomic mass is 19.1. The zero-order valence-electron chi connectivity index (χ0n) is 16.2. The molecule has 0 saturated carbocycles. The molecule has 1 aromatic heterocycles. The number of fused-ring (bicyclic) bond motifs is 5. The van der Waals surface area contributed by atoms with Gasteiger partial charge in [0.15, 0.2) is 0 Å². The number of aryl methyl sites for hydroxylation is 3. The van der Waals surface area contributed by atoms with Crippen molar-refractivity contribution in [1.29, 1.82) is 0 Å². The molecule has 0 aliphatic rings. The molecule has 5 rings (SSSR count). The average Bonchev–Trinajstić information content (AvgIpc) is 2.69. The first-order chi connectivity index (χ1) is 13.5. The van der Waals surface area contributed by atoms with Gasteiger partial charge in [0.25, 0.3) is 0 Å². The van der Waals surface area contributed by atoms with Crippen LogP contribution in [0.25, 0.3) is 43.6 Å². The third-order valence-electron chi connectivity index (χ3n) is 5.56. The molecule has 136 valence electrons. The molecule has 0 N–H and O–H groups in total. The second-order valence-corrected chi connectivity index (χ2v) is 7.65. The van der Waals surface area contributed by atoms with Gasteiger partial charge in [-0.15, -0.1) is 0 Å². The molecule has 0 fully saturated rings. The molecule has 5 aromatic rings. The lowest BCUT2D eigenvalue weighted by molar-refractivity contribution is 0.631. The maximum Gasteiger partial charge on any atom is 0.133 e. The van der Waals surface area contributed by atoms with Crippen LogP contribution in [0.3, 0.4) is 0 Å². The molecule has 0 aliphatic carbocycles. The third-order valence-corrected chi connectivity index (χ3v) is 5.56. The zero-order chi connectivity index (χ0) is 19.4. The van der Waals surface area contributed by atoms with Crippen LogP contribution in [-0.4, -0.2) is 4.98 Å². The molecule has 0 atom stereocenters. The standard InChI is InChI=1S/C26H20FN/c1-15-12-16(2)14-18(13-15)26-24-9-7-19-20(22(24)10-11-28-26)6-8-23-21(19)5-4-17(3)25(23)27/h4-14H,1-3H3. The van der Waals surface area contributed by atoms with Gasteiger partial charge in [-0.25, -0.2) is 4.39 Å². The third kappa shape index (κ3) is 2.49. The molecule has 0 spiro atoms. The summed E-state index contributed by atoms with van der Waals surface area (Å²) in [7, 11) is 0. The Kier molecular flexibility index (Phi) is 3.70. The van der Waals surface area contributed by atoms with E-state index < -0.39 is 0 Å². The molecule has 28 heavy (non-hydrogen) atoms. The summed E-state index contributed by atoms with van der Waals surface area (Å²) in [6, 6.07) is 20.6. The van der Waals surface area contributed by atoms with Crippen molar-refractivity contribution in [2.75, 3.05) is 0 Å². The van der Waals surface area contributed by atoms with Gasteiger partial charge in [-0.05, 0) is 66.1 Å². The maximum atomic E-state index is 14.6. The van der Waals surface area contributed by atoms with Gasteiger partial charge in [0.05, 0.1) is 5.69 Å². The van der Waals surface area contributed by atoms with Crippen LogP contribution >= 0.6 is 0 Å². The van der Waals surface area contributed by atoms with Crippen LogP contribution in [0.15, 0.2) is 66.9 Å². The molecular weight excluding hydrogens is 345 g/mol. The fourth-order valence-electron chi connectivity index (χ4n) is 4.30. The minimum atomic E-state index is -0.134. The van der Waals surface area contributed by atoms with E-state index in [-0.39, 0.29) is 5.82 Å². The minimum Gasteiger partial charge on any atom is -0.256 e. The van der Waals surface area contributed by atoms with Crippen molar-refractivity contribution in [2.45, 2.75) is 20.8 Å². The molecule has 2 heteroatoms. The maximum absolute atomic E-state index is 14.6. The monoisotopic (exact) mass is 365 g/mol. The summed E-state index contributed by atoms with van der Waals surface area (Å²) in [5.41, 5.74) is 5.25. The fourth-order valence-corrected chi connectivity index (χ4v) is 4.30. The van der Waals surface area contributed by atoms with Crippen LogP contribution in [0.1, 0.15) is 16.7 Å². The van der Waals surface area contributed by atoms with Gasteiger partial charge in [0.1, 0.15) is 5.82 Å². The van der Waals surface area contributed by atoms with E-state index in [4.69, 9.17) is 4.98 Å². The number of pyridine rings is 1. The summed E-state index contributed by atoms with van der Waals surface area (Å²) in [4.78, 5) is 4.69. The first kappa shape index (κ1) is 16.9. The van der Waals surface area contributed by atoms with E-state index in [1.807, 2.05) is 30.5 Å². The Hall–Kier alpha value is -3.26. The molecule has 4 aromatic carbocycles. The van der Waals surface area contributed by atoms with Crippen molar-refractivity contribution in [2.24, 2.45) is 0 Å². The summed E-state index contributed by atoms with van der Waals surface area (Å²) in [5, 5.41) is 6.09. The van der Waals surface area contributed by atoms with Gasteiger partial charge in [0.2, 0.25) is 0 Å². The van der Waals surface area contributed by atoms with Crippen LogP contribution in [0.5, 0.6) is 0 Å². The Morgan fingerprint density at radius 3 is 1.86 bits per heavy atom. The van der Waals surface area contributed by atoms with Crippen LogP contribution in [-0.2, 0) is 0 Å². The van der Waals surface area contributed by atoms with E-state index in [9.17, 15) is 4.39 Å². The number of hydrogen-bond acceptors (Lipinski definition) is 1. The fraction of sp³-hybridized carbons (Fsp3) is 0.115. The molecule has 0 unspecified atom stereocenters. The van der Waals surface area contributed by atoms with E-state index in [1.165, 1.54) is 11.1 Å². The Labute approximate surface area is 163 Å². The van der Waals surface area contributed by atoms with Crippen LogP contribution in [0.2, 0.25) is 0 Å². The van der Waals surface area contributed by atoms with Crippen molar-refractivity contribution in [3.63, 3.8) is 0 Å². The number of benzene rings is 4. The second-order valence-electron chi connectivity index (χ2n) is 7.65. The SMILES string of the molecule is Cc1cc(C)cc(-c2nccc3c2ccc2c4ccc(C)c(F)c4ccc32)c1. The smallest absolute Gasteiger partial charge is 0.133 e. The topological polar surface area (TPSA) is 12.9 Å². The van der Waals surface area contributed by atoms with Gasteiger partial charge < -0.3 is 0 Å². The highest BCUT2D eigenvalue weighted by Crippen LogP contribution is 2.36. The van der Waals surface area contributed by atoms with Crippen LogP contribution in [0.4, 0.5) is 4.39 Å². The Balaban J connectivity index is 1.87.